The summed E-state index contributed by atoms with van der Waals surface area (Å²) < 4.78 is 1.73. The van der Waals surface area contributed by atoms with E-state index in [0.29, 0.717) is 12.5 Å². The Morgan fingerprint density at radius 3 is 2.71 bits per heavy atom. The molecule has 1 aromatic carbocycles. The van der Waals surface area contributed by atoms with Crippen molar-refractivity contribution in [1.29, 1.82) is 0 Å². The molecule has 0 aliphatic rings. The number of amides is 1. The minimum absolute atomic E-state index is 0.0363. The van der Waals surface area contributed by atoms with Crippen LogP contribution in [0.15, 0.2) is 42.7 Å². The maximum atomic E-state index is 12.4. The van der Waals surface area contributed by atoms with Crippen molar-refractivity contribution in [3.05, 3.63) is 42.7 Å². The van der Waals surface area contributed by atoms with Crippen LogP contribution in [0.4, 0.5) is 5.69 Å². The summed E-state index contributed by atoms with van der Waals surface area (Å²) in [5, 5.41) is 7.18. The predicted octanol–water partition coefficient (Wildman–Crippen LogP) is 2.43. The van der Waals surface area contributed by atoms with Gasteiger partial charge < -0.3 is 11.1 Å². The quantitative estimate of drug-likeness (QED) is 0.856. The highest BCUT2D eigenvalue weighted by atomic mass is 16.1. The molecule has 1 heterocycles. The molecule has 5 heteroatoms. The van der Waals surface area contributed by atoms with Gasteiger partial charge in [0.15, 0.2) is 0 Å². The Morgan fingerprint density at radius 2 is 2.10 bits per heavy atom. The number of para-hydroxylation sites is 2. The van der Waals surface area contributed by atoms with Gasteiger partial charge >= 0.3 is 0 Å². The lowest BCUT2D eigenvalue weighted by molar-refractivity contribution is -0.120. The van der Waals surface area contributed by atoms with Crippen LogP contribution in [0.25, 0.3) is 5.69 Å². The number of aromatic nitrogens is 2. The van der Waals surface area contributed by atoms with Gasteiger partial charge in [0, 0.05) is 18.9 Å². The highest BCUT2D eigenvalue weighted by Gasteiger charge is 2.19. The third-order valence-electron chi connectivity index (χ3n) is 3.32. The fraction of sp³-hybridized carbons (Fsp3) is 0.375. The summed E-state index contributed by atoms with van der Waals surface area (Å²) >= 11 is 0. The van der Waals surface area contributed by atoms with Crippen LogP contribution in [-0.4, -0.2) is 22.2 Å². The Labute approximate surface area is 125 Å². The average Bonchev–Trinajstić information content (AvgIpc) is 2.99. The van der Waals surface area contributed by atoms with E-state index in [4.69, 9.17) is 5.73 Å². The molecule has 21 heavy (non-hydrogen) atoms. The zero-order chi connectivity index (χ0) is 15.2. The smallest absolute Gasteiger partial charge is 0.228 e. The van der Waals surface area contributed by atoms with Crippen LogP contribution in [0.5, 0.6) is 0 Å². The molecule has 0 spiro atoms. The number of carbonyl (C=O) groups excluding carboxylic acids is 1. The molecule has 0 bridgehead atoms. The summed E-state index contributed by atoms with van der Waals surface area (Å²) in [7, 11) is 0. The van der Waals surface area contributed by atoms with E-state index in [9.17, 15) is 4.79 Å². The molecule has 0 aliphatic carbocycles. The monoisotopic (exact) mass is 286 g/mol. The van der Waals surface area contributed by atoms with E-state index in [2.05, 4.69) is 24.3 Å². The molecule has 0 aliphatic heterocycles. The molecule has 0 radical (unpaired) electrons. The minimum Gasteiger partial charge on any atom is -0.330 e. The van der Waals surface area contributed by atoms with Crippen molar-refractivity contribution in [3.63, 3.8) is 0 Å². The van der Waals surface area contributed by atoms with Crippen molar-refractivity contribution >= 4 is 11.6 Å². The molecular weight excluding hydrogens is 264 g/mol. The number of hydrogen-bond donors (Lipinski definition) is 2. The predicted molar refractivity (Wildman–Crippen MR) is 84.2 cm³/mol. The van der Waals surface area contributed by atoms with Gasteiger partial charge in [-0.15, -0.1) is 0 Å². The molecule has 2 rings (SSSR count). The largest absolute Gasteiger partial charge is 0.330 e. The van der Waals surface area contributed by atoms with Crippen LogP contribution in [0.1, 0.15) is 20.3 Å². The van der Waals surface area contributed by atoms with E-state index in [1.165, 1.54) is 0 Å². The van der Waals surface area contributed by atoms with E-state index in [0.717, 1.165) is 17.8 Å². The first-order chi connectivity index (χ1) is 10.1. The number of benzene rings is 1. The van der Waals surface area contributed by atoms with Gasteiger partial charge in [0.2, 0.25) is 5.91 Å². The molecule has 1 amide bonds. The van der Waals surface area contributed by atoms with Gasteiger partial charge in [0.05, 0.1) is 17.3 Å². The summed E-state index contributed by atoms with van der Waals surface area (Å²) in [5.41, 5.74) is 7.32. The number of nitrogens with one attached hydrogen (secondary N) is 1. The van der Waals surface area contributed by atoms with E-state index < -0.39 is 0 Å². The Hall–Kier alpha value is -2.14. The molecule has 3 N–H and O–H groups in total. The minimum atomic E-state index is -0.171. The average molecular weight is 286 g/mol. The Bertz CT molecular complexity index is 578. The standard InChI is InChI=1S/C16H22N4O/c1-12(2)10-13(11-17)16(21)19-14-6-3-4-7-15(14)20-9-5-8-18-20/h3-9,12-13H,10-11,17H2,1-2H3,(H,19,21). The zero-order valence-corrected chi connectivity index (χ0v) is 12.5. The second kappa shape index (κ2) is 7.04. The molecule has 112 valence electrons. The summed E-state index contributed by atoms with van der Waals surface area (Å²) in [6, 6.07) is 9.45. The Balaban J connectivity index is 2.18. The SMILES string of the molecule is CC(C)CC(CN)C(=O)Nc1ccccc1-n1cccn1. The van der Waals surface area contributed by atoms with E-state index in [1.807, 2.05) is 36.5 Å². The van der Waals surface area contributed by atoms with E-state index >= 15 is 0 Å². The summed E-state index contributed by atoms with van der Waals surface area (Å²) in [6.07, 6.45) is 4.34. The molecule has 1 atom stereocenters. The number of anilines is 1. The second-order valence-corrected chi connectivity index (χ2v) is 5.52. The van der Waals surface area contributed by atoms with Crippen molar-refractivity contribution in [3.8, 4) is 5.69 Å². The van der Waals surface area contributed by atoms with Crippen molar-refractivity contribution in [2.45, 2.75) is 20.3 Å². The van der Waals surface area contributed by atoms with Gasteiger partial charge in [-0.25, -0.2) is 4.68 Å². The Morgan fingerprint density at radius 1 is 1.33 bits per heavy atom. The van der Waals surface area contributed by atoms with Gasteiger partial charge in [-0.1, -0.05) is 26.0 Å². The van der Waals surface area contributed by atoms with Crippen LogP contribution >= 0.6 is 0 Å². The zero-order valence-electron chi connectivity index (χ0n) is 12.5. The van der Waals surface area contributed by atoms with Gasteiger partial charge in [0.1, 0.15) is 0 Å². The van der Waals surface area contributed by atoms with Gasteiger partial charge in [0.25, 0.3) is 0 Å². The summed E-state index contributed by atoms with van der Waals surface area (Å²) in [4.78, 5) is 12.4. The lowest BCUT2D eigenvalue weighted by Gasteiger charge is -2.18. The number of nitrogens with zero attached hydrogens (tertiary/aromatic N) is 2. The van der Waals surface area contributed by atoms with Crippen LogP contribution in [0, 0.1) is 11.8 Å². The molecule has 1 aromatic heterocycles. The maximum Gasteiger partial charge on any atom is 0.228 e. The Kier molecular flexibility index (Phi) is 5.11. The summed E-state index contributed by atoms with van der Waals surface area (Å²) in [5.74, 6) is 0.229. The molecule has 5 nitrogen and oxygen atoms in total. The normalized spacial score (nSPS) is 12.4. The van der Waals surface area contributed by atoms with Crippen LogP contribution < -0.4 is 11.1 Å². The first kappa shape index (κ1) is 15.3. The van der Waals surface area contributed by atoms with Crippen LogP contribution in [0.2, 0.25) is 0 Å². The lowest BCUT2D eigenvalue weighted by atomic mass is 9.96. The van der Waals surface area contributed by atoms with Crippen molar-refractivity contribution < 1.29 is 4.79 Å². The molecular formula is C16H22N4O. The third kappa shape index (κ3) is 3.92. The van der Waals surface area contributed by atoms with Crippen LogP contribution in [-0.2, 0) is 4.79 Å². The third-order valence-corrected chi connectivity index (χ3v) is 3.32. The van der Waals surface area contributed by atoms with E-state index in [-0.39, 0.29) is 11.8 Å². The second-order valence-electron chi connectivity index (χ2n) is 5.52. The molecule has 0 saturated heterocycles. The highest BCUT2D eigenvalue weighted by Crippen LogP contribution is 2.21. The number of rotatable bonds is 6. The fourth-order valence-electron chi connectivity index (χ4n) is 2.30. The maximum absolute atomic E-state index is 12.4. The van der Waals surface area contributed by atoms with E-state index in [1.54, 1.807) is 10.9 Å². The lowest BCUT2D eigenvalue weighted by Crippen LogP contribution is -2.30. The number of hydrogen-bond acceptors (Lipinski definition) is 3. The first-order valence-electron chi connectivity index (χ1n) is 7.21. The van der Waals surface area contributed by atoms with Crippen molar-refractivity contribution in [2.75, 3.05) is 11.9 Å². The van der Waals surface area contributed by atoms with Gasteiger partial charge in [-0.2, -0.15) is 5.10 Å². The number of nitrogens with two attached hydrogens (primary N) is 1. The molecule has 1 unspecified atom stereocenters. The summed E-state index contributed by atoms with van der Waals surface area (Å²) in [6.45, 7) is 4.54. The molecule has 0 fully saturated rings. The van der Waals surface area contributed by atoms with Crippen molar-refractivity contribution in [1.82, 2.24) is 9.78 Å². The molecule has 0 saturated carbocycles. The fourth-order valence-corrected chi connectivity index (χ4v) is 2.30. The first-order valence-corrected chi connectivity index (χ1v) is 7.21. The topological polar surface area (TPSA) is 72.9 Å². The van der Waals surface area contributed by atoms with Crippen molar-refractivity contribution in [2.24, 2.45) is 17.6 Å². The highest BCUT2D eigenvalue weighted by molar-refractivity contribution is 5.94. The van der Waals surface area contributed by atoms with Gasteiger partial charge in [-0.05, 0) is 30.5 Å². The van der Waals surface area contributed by atoms with Gasteiger partial charge in [-0.3, -0.25) is 4.79 Å². The number of carbonyl (C=O) groups is 1. The molecule has 2 aromatic rings. The van der Waals surface area contributed by atoms with Crippen LogP contribution in [0.3, 0.4) is 0 Å².